The normalized spacial score (nSPS) is 22.5. The largest absolute Gasteiger partial charge is 0.379 e. The smallest absolute Gasteiger partial charge is 0.243 e. The van der Waals surface area contributed by atoms with Crippen LogP contribution in [0.15, 0.2) is 23.1 Å². The average Bonchev–Trinajstić information content (AvgIpc) is 3.42. The molecule has 2 saturated heterocycles. The molecule has 0 aliphatic carbocycles. The van der Waals surface area contributed by atoms with Crippen LogP contribution in [0.4, 0.5) is 5.69 Å². The van der Waals surface area contributed by atoms with E-state index in [1.807, 2.05) is 0 Å². The number of fused-ring (bicyclic) bond motifs is 1. The summed E-state index contributed by atoms with van der Waals surface area (Å²) in [5, 5.41) is 2.94. The van der Waals surface area contributed by atoms with Crippen LogP contribution in [0.5, 0.6) is 0 Å². The van der Waals surface area contributed by atoms with Crippen molar-refractivity contribution in [3.63, 3.8) is 0 Å². The number of ether oxygens (including phenoxy) is 1. The molecule has 0 spiro atoms. The predicted molar refractivity (Wildman–Crippen MR) is 115 cm³/mol. The molecule has 0 bridgehead atoms. The van der Waals surface area contributed by atoms with Crippen molar-refractivity contribution in [3.05, 3.63) is 23.8 Å². The summed E-state index contributed by atoms with van der Waals surface area (Å²) >= 11 is 0. The van der Waals surface area contributed by atoms with Gasteiger partial charge in [-0.15, -0.1) is 0 Å². The van der Waals surface area contributed by atoms with Crippen LogP contribution in [0.2, 0.25) is 0 Å². The van der Waals surface area contributed by atoms with Crippen LogP contribution < -0.4 is 10.2 Å². The van der Waals surface area contributed by atoms with Gasteiger partial charge in [-0.2, -0.15) is 4.31 Å². The zero-order chi connectivity index (χ0) is 22.0. The van der Waals surface area contributed by atoms with Gasteiger partial charge in [0.15, 0.2) is 0 Å². The van der Waals surface area contributed by atoms with Gasteiger partial charge in [-0.25, -0.2) is 8.42 Å². The zero-order valence-electron chi connectivity index (χ0n) is 17.9. The molecule has 3 heterocycles. The molecular weight excluding hydrogens is 420 g/mol. The summed E-state index contributed by atoms with van der Waals surface area (Å²) in [5.41, 5.74) is 1.32. The van der Waals surface area contributed by atoms with E-state index < -0.39 is 16.1 Å². The van der Waals surface area contributed by atoms with Crippen molar-refractivity contribution in [2.45, 2.75) is 37.1 Å². The first kappa shape index (κ1) is 22.2. The van der Waals surface area contributed by atoms with Crippen LogP contribution >= 0.6 is 0 Å². The van der Waals surface area contributed by atoms with Crippen LogP contribution in [0.1, 0.15) is 25.3 Å². The number of morpholine rings is 1. The molecule has 10 heteroatoms. The van der Waals surface area contributed by atoms with Crippen molar-refractivity contribution in [3.8, 4) is 0 Å². The maximum atomic E-state index is 12.9. The molecule has 9 nitrogen and oxygen atoms in total. The highest BCUT2D eigenvalue weighted by atomic mass is 32.2. The summed E-state index contributed by atoms with van der Waals surface area (Å²) in [6.45, 7) is 6.81. The second kappa shape index (κ2) is 9.23. The van der Waals surface area contributed by atoms with Crippen LogP contribution in [-0.2, 0) is 30.8 Å². The molecule has 170 valence electrons. The van der Waals surface area contributed by atoms with Gasteiger partial charge in [0.05, 0.1) is 18.1 Å². The lowest BCUT2D eigenvalue weighted by atomic mass is 10.1. The van der Waals surface area contributed by atoms with E-state index in [-0.39, 0.29) is 16.7 Å². The number of hydrogen-bond acceptors (Lipinski definition) is 6. The molecule has 0 aromatic heterocycles. The van der Waals surface area contributed by atoms with E-state index in [2.05, 4.69) is 10.2 Å². The Morgan fingerprint density at radius 2 is 1.84 bits per heavy atom. The SMILES string of the molecule is CC(=O)N1c2ccc(S(=O)(=O)N3CCCC3)cc2CC1C(=O)NCCN1CCOCC1. The maximum absolute atomic E-state index is 12.9. The summed E-state index contributed by atoms with van der Waals surface area (Å²) in [4.78, 5) is 29.2. The topological polar surface area (TPSA) is 99.3 Å². The van der Waals surface area contributed by atoms with Crippen LogP contribution in [0, 0.1) is 0 Å². The van der Waals surface area contributed by atoms with Crippen LogP contribution in [0.3, 0.4) is 0 Å². The highest BCUT2D eigenvalue weighted by Crippen LogP contribution is 2.35. The molecule has 4 rings (SSSR count). The Balaban J connectivity index is 1.46. The van der Waals surface area contributed by atoms with E-state index in [9.17, 15) is 18.0 Å². The molecule has 1 aromatic rings. The summed E-state index contributed by atoms with van der Waals surface area (Å²) < 4.78 is 32.7. The number of hydrogen-bond donors (Lipinski definition) is 1. The van der Waals surface area contributed by atoms with E-state index in [0.29, 0.717) is 50.5 Å². The Hall–Kier alpha value is -2.01. The van der Waals surface area contributed by atoms with E-state index in [4.69, 9.17) is 4.74 Å². The molecule has 1 aromatic carbocycles. The fraction of sp³-hybridized carbons (Fsp3) is 0.619. The van der Waals surface area contributed by atoms with Crippen molar-refractivity contribution in [2.24, 2.45) is 0 Å². The number of sulfonamides is 1. The number of carbonyl (C=O) groups excluding carboxylic acids is 2. The van der Waals surface area contributed by atoms with E-state index in [1.165, 1.54) is 16.1 Å². The van der Waals surface area contributed by atoms with E-state index in [0.717, 1.165) is 32.5 Å². The Labute approximate surface area is 183 Å². The Kier molecular flexibility index (Phi) is 6.61. The number of nitrogens with one attached hydrogen (secondary N) is 1. The van der Waals surface area contributed by atoms with Crippen LogP contribution in [-0.4, -0.2) is 88.0 Å². The van der Waals surface area contributed by atoms with E-state index in [1.54, 1.807) is 18.2 Å². The molecule has 1 N–H and O–H groups in total. The molecule has 0 radical (unpaired) electrons. The highest BCUT2D eigenvalue weighted by Gasteiger charge is 2.38. The second-order valence-electron chi connectivity index (χ2n) is 8.26. The number of carbonyl (C=O) groups is 2. The van der Waals surface area contributed by atoms with Crippen molar-refractivity contribution < 1.29 is 22.7 Å². The van der Waals surface area contributed by atoms with Gasteiger partial charge in [-0.1, -0.05) is 0 Å². The lowest BCUT2D eigenvalue weighted by Gasteiger charge is -2.27. The minimum Gasteiger partial charge on any atom is -0.379 e. The van der Waals surface area contributed by atoms with Gasteiger partial charge in [0.25, 0.3) is 0 Å². The van der Waals surface area contributed by atoms with Gasteiger partial charge in [0, 0.05) is 58.3 Å². The van der Waals surface area contributed by atoms with Gasteiger partial charge < -0.3 is 10.1 Å². The molecule has 1 unspecified atom stereocenters. The number of benzene rings is 1. The first-order chi connectivity index (χ1) is 14.9. The fourth-order valence-corrected chi connectivity index (χ4v) is 6.11. The monoisotopic (exact) mass is 450 g/mol. The van der Waals surface area contributed by atoms with Crippen molar-refractivity contribution in [2.75, 3.05) is 57.4 Å². The molecule has 0 saturated carbocycles. The molecule has 31 heavy (non-hydrogen) atoms. The lowest BCUT2D eigenvalue weighted by molar-refractivity contribution is -0.125. The Morgan fingerprint density at radius 3 is 2.52 bits per heavy atom. The molecule has 2 fully saturated rings. The van der Waals surface area contributed by atoms with Gasteiger partial charge in [0.2, 0.25) is 21.8 Å². The minimum atomic E-state index is -3.55. The van der Waals surface area contributed by atoms with Gasteiger partial charge >= 0.3 is 0 Å². The maximum Gasteiger partial charge on any atom is 0.243 e. The molecule has 2 amide bonds. The third-order valence-electron chi connectivity index (χ3n) is 6.21. The summed E-state index contributed by atoms with van der Waals surface area (Å²) in [6, 6.07) is 4.16. The average molecular weight is 451 g/mol. The molecule has 3 aliphatic rings. The fourth-order valence-electron chi connectivity index (χ4n) is 4.54. The highest BCUT2D eigenvalue weighted by molar-refractivity contribution is 7.89. The van der Waals surface area contributed by atoms with Gasteiger partial charge in [0.1, 0.15) is 6.04 Å². The predicted octanol–water partition coefficient (Wildman–Crippen LogP) is 0.197. The van der Waals surface area contributed by atoms with Gasteiger partial charge in [-0.3, -0.25) is 19.4 Å². The number of nitrogens with zero attached hydrogens (tertiary/aromatic N) is 3. The first-order valence-corrected chi connectivity index (χ1v) is 12.3. The number of rotatable bonds is 6. The summed E-state index contributed by atoms with van der Waals surface area (Å²) in [5.74, 6) is -0.453. The summed E-state index contributed by atoms with van der Waals surface area (Å²) in [7, 11) is -3.55. The Morgan fingerprint density at radius 1 is 1.13 bits per heavy atom. The molecule has 3 aliphatic heterocycles. The third kappa shape index (κ3) is 4.62. The van der Waals surface area contributed by atoms with Crippen molar-refractivity contribution in [1.29, 1.82) is 0 Å². The zero-order valence-corrected chi connectivity index (χ0v) is 18.7. The molecule has 1 atom stereocenters. The quantitative estimate of drug-likeness (QED) is 0.665. The second-order valence-corrected chi connectivity index (χ2v) is 10.2. The molecular formula is C21H30N4O5S. The van der Waals surface area contributed by atoms with Crippen LogP contribution in [0.25, 0.3) is 0 Å². The number of amides is 2. The minimum absolute atomic E-state index is 0.219. The standard InChI is InChI=1S/C21H30N4O5S/c1-16(26)25-19-5-4-18(31(28,29)24-7-2-3-8-24)14-17(19)15-20(25)21(27)22-6-9-23-10-12-30-13-11-23/h4-5,14,20H,2-3,6-13,15H2,1H3,(H,22,27). The van der Waals surface area contributed by atoms with Crippen molar-refractivity contribution >= 4 is 27.5 Å². The van der Waals surface area contributed by atoms with Gasteiger partial charge in [-0.05, 0) is 36.6 Å². The number of anilines is 1. The van der Waals surface area contributed by atoms with E-state index >= 15 is 0 Å². The third-order valence-corrected chi connectivity index (χ3v) is 8.11. The first-order valence-electron chi connectivity index (χ1n) is 10.9. The van der Waals surface area contributed by atoms with Crippen molar-refractivity contribution in [1.82, 2.24) is 14.5 Å². The summed E-state index contributed by atoms with van der Waals surface area (Å²) in [6.07, 6.45) is 2.05. The lowest BCUT2D eigenvalue weighted by Crippen LogP contribution is -2.49. The Bertz CT molecular complexity index is 939.